The summed E-state index contributed by atoms with van der Waals surface area (Å²) in [5, 5.41) is 17.0. The summed E-state index contributed by atoms with van der Waals surface area (Å²) in [5.41, 5.74) is 0.0681. The van der Waals surface area contributed by atoms with Crippen LogP contribution >= 0.6 is 11.6 Å². The van der Waals surface area contributed by atoms with Gasteiger partial charge in [-0.3, -0.25) is 4.79 Å². The van der Waals surface area contributed by atoms with Gasteiger partial charge in [0.25, 0.3) is 5.91 Å². The first-order valence-corrected chi connectivity index (χ1v) is 4.96. The molecule has 0 atom stereocenters. The molecule has 4 nitrogen and oxygen atoms in total. The van der Waals surface area contributed by atoms with Crippen molar-refractivity contribution in [3.63, 3.8) is 0 Å². The van der Waals surface area contributed by atoms with E-state index >= 15 is 0 Å². The van der Waals surface area contributed by atoms with Gasteiger partial charge in [-0.1, -0.05) is 11.6 Å². The number of hydrogen-bond donors (Lipinski definition) is 0. The summed E-state index contributed by atoms with van der Waals surface area (Å²) in [7, 11) is 0. The monoisotopic (exact) mass is 251 g/mol. The second-order valence-electron chi connectivity index (χ2n) is 3.10. The Morgan fingerprint density at radius 2 is 1.94 bits per heavy atom. The van der Waals surface area contributed by atoms with E-state index in [0.717, 1.165) is 17.0 Å². The van der Waals surface area contributed by atoms with Crippen LogP contribution in [0.15, 0.2) is 18.2 Å². The van der Waals surface area contributed by atoms with Gasteiger partial charge in [-0.25, -0.2) is 4.39 Å². The summed E-state index contributed by atoms with van der Waals surface area (Å²) < 4.78 is 12.8. The zero-order valence-corrected chi connectivity index (χ0v) is 9.41. The largest absolute Gasteiger partial charge is 0.312 e. The highest BCUT2D eigenvalue weighted by molar-refractivity contribution is 6.33. The van der Waals surface area contributed by atoms with Gasteiger partial charge in [-0.15, -0.1) is 0 Å². The van der Waals surface area contributed by atoms with Crippen LogP contribution in [0.2, 0.25) is 5.02 Å². The molecule has 1 aromatic carbocycles. The number of amides is 1. The first-order valence-electron chi connectivity index (χ1n) is 4.58. The SMILES string of the molecule is N#CCN(CC#N)C(=O)c1ccc(F)cc1Cl. The maximum Gasteiger partial charge on any atom is 0.257 e. The summed E-state index contributed by atoms with van der Waals surface area (Å²) in [4.78, 5) is 12.9. The van der Waals surface area contributed by atoms with Gasteiger partial charge < -0.3 is 4.90 Å². The summed E-state index contributed by atoms with van der Waals surface area (Å²) >= 11 is 5.72. The standard InChI is InChI=1S/C11H7ClFN3O/c12-10-7-8(13)1-2-9(10)11(17)16(5-3-14)6-4-15/h1-2,7H,5-6H2. The fourth-order valence-corrected chi connectivity index (χ4v) is 1.45. The lowest BCUT2D eigenvalue weighted by atomic mass is 10.2. The van der Waals surface area contributed by atoms with Crippen LogP contribution in [-0.4, -0.2) is 23.9 Å². The predicted octanol–water partition coefficient (Wildman–Crippen LogP) is 1.97. The third-order valence-electron chi connectivity index (χ3n) is 1.97. The lowest BCUT2D eigenvalue weighted by molar-refractivity contribution is 0.0795. The van der Waals surface area contributed by atoms with Crippen LogP contribution in [0.3, 0.4) is 0 Å². The molecule has 0 heterocycles. The second kappa shape index (κ2) is 5.83. The average molecular weight is 252 g/mol. The zero-order valence-electron chi connectivity index (χ0n) is 8.65. The molecule has 0 aliphatic heterocycles. The van der Waals surface area contributed by atoms with Crippen LogP contribution in [0.4, 0.5) is 4.39 Å². The molecule has 6 heteroatoms. The lowest BCUT2D eigenvalue weighted by Gasteiger charge is -2.16. The first kappa shape index (κ1) is 13.0. The molecule has 1 rings (SSSR count). The molecule has 86 valence electrons. The molecule has 0 saturated heterocycles. The van der Waals surface area contributed by atoms with Crippen molar-refractivity contribution in [3.8, 4) is 12.1 Å². The molecule has 0 aliphatic rings. The number of hydrogen-bond acceptors (Lipinski definition) is 3. The Balaban J connectivity index is 3.02. The van der Waals surface area contributed by atoms with Crippen molar-refractivity contribution >= 4 is 17.5 Å². The van der Waals surface area contributed by atoms with E-state index in [1.54, 1.807) is 12.1 Å². The molecule has 0 aliphatic carbocycles. The van der Waals surface area contributed by atoms with Crippen molar-refractivity contribution in [2.24, 2.45) is 0 Å². The van der Waals surface area contributed by atoms with Gasteiger partial charge >= 0.3 is 0 Å². The molecule has 0 fully saturated rings. The Hall–Kier alpha value is -2.11. The predicted molar refractivity (Wildman–Crippen MR) is 58.5 cm³/mol. The van der Waals surface area contributed by atoms with Crippen molar-refractivity contribution in [1.29, 1.82) is 10.5 Å². The smallest absolute Gasteiger partial charge is 0.257 e. The molecule has 17 heavy (non-hydrogen) atoms. The molecule has 0 radical (unpaired) electrons. The Kier molecular flexibility index (Phi) is 4.45. The minimum absolute atomic E-state index is 0.0455. The van der Waals surface area contributed by atoms with Crippen molar-refractivity contribution in [1.82, 2.24) is 4.90 Å². The number of nitriles is 2. The third-order valence-corrected chi connectivity index (χ3v) is 2.28. The number of halogens is 2. The van der Waals surface area contributed by atoms with Crippen LogP contribution in [-0.2, 0) is 0 Å². The Morgan fingerprint density at radius 1 is 1.35 bits per heavy atom. The number of rotatable bonds is 3. The van der Waals surface area contributed by atoms with Gasteiger partial charge in [0.15, 0.2) is 0 Å². The minimum atomic E-state index is -0.571. The fourth-order valence-electron chi connectivity index (χ4n) is 1.20. The minimum Gasteiger partial charge on any atom is -0.312 e. The van der Waals surface area contributed by atoms with E-state index in [1.165, 1.54) is 6.07 Å². The highest BCUT2D eigenvalue weighted by Crippen LogP contribution is 2.18. The van der Waals surface area contributed by atoms with Gasteiger partial charge in [-0.2, -0.15) is 10.5 Å². The lowest BCUT2D eigenvalue weighted by Crippen LogP contribution is -2.32. The Bertz CT molecular complexity index is 502. The van der Waals surface area contributed by atoms with E-state index < -0.39 is 11.7 Å². The van der Waals surface area contributed by atoms with Gasteiger partial charge in [0, 0.05) is 0 Å². The van der Waals surface area contributed by atoms with Gasteiger partial charge in [-0.05, 0) is 18.2 Å². The maximum atomic E-state index is 12.8. The molecule has 0 aromatic heterocycles. The highest BCUT2D eigenvalue weighted by atomic mass is 35.5. The molecular formula is C11H7ClFN3O. The Morgan fingerprint density at radius 3 is 2.41 bits per heavy atom. The van der Waals surface area contributed by atoms with Crippen LogP contribution in [0.5, 0.6) is 0 Å². The van der Waals surface area contributed by atoms with Crippen molar-refractivity contribution in [2.75, 3.05) is 13.1 Å². The van der Waals surface area contributed by atoms with Gasteiger partial charge in [0.05, 0.1) is 22.7 Å². The van der Waals surface area contributed by atoms with Crippen LogP contribution in [0.1, 0.15) is 10.4 Å². The number of benzene rings is 1. The normalized spacial score (nSPS) is 9.18. The van der Waals surface area contributed by atoms with Crippen LogP contribution in [0.25, 0.3) is 0 Å². The maximum absolute atomic E-state index is 12.8. The number of nitrogens with zero attached hydrogens (tertiary/aromatic N) is 3. The van der Waals surface area contributed by atoms with Crippen molar-refractivity contribution < 1.29 is 9.18 Å². The van der Waals surface area contributed by atoms with E-state index in [9.17, 15) is 9.18 Å². The Labute approximate surface area is 102 Å². The fraction of sp³-hybridized carbons (Fsp3) is 0.182. The average Bonchev–Trinajstić information content (AvgIpc) is 2.28. The summed E-state index contributed by atoms with van der Waals surface area (Å²) in [6.45, 7) is -0.444. The highest BCUT2D eigenvalue weighted by Gasteiger charge is 2.18. The van der Waals surface area contributed by atoms with Gasteiger partial charge in [0.1, 0.15) is 18.9 Å². The molecule has 1 amide bonds. The summed E-state index contributed by atoms with van der Waals surface area (Å²) in [6, 6.07) is 6.86. The van der Waals surface area contributed by atoms with E-state index in [2.05, 4.69) is 0 Å². The zero-order chi connectivity index (χ0) is 12.8. The molecule has 1 aromatic rings. The summed E-state index contributed by atoms with van der Waals surface area (Å²) in [6.07, 6.45) is 0. The van der Waals surface area contributed by atoms with Crippen LogP contribution in [0, 0.1) is 28.5 Å². The topological polar surface area (TPSA) is 67.9 Å². The van der Waals surface area contributed by atoms with Crippen LogP contribution < -0.4 is 0 Å². The number of carbonyl (C=O) groups is 1. The van der Waals surface area contributed by atoms with E-state index in [1.807, 2.05) is 0 Å². The third kappa shape index (κ3) is 3.17. The molecule has 0 unspecified atom stereocenters. The molecule has 0 bridgehead atoms. The van der Waals surface area contributed by atoms with E-state index in [4.69, 9.17) is 22.1 Å². The molecule has 0 saturated carbocycles. The van der Waals surface area contributed by atoms with E-state index in [0.29, 0.717) is 0 Å². The summed E-state index contributed by atoms with van der Waals surface area (Å²) in [5.74, 6) is -1.13. The molecule has 0 N–H and O–H groups in total. The number of carbonyl (C=O) groups excluding carboxylic acids is 1. The quantitative estimate of drug-likeness (QED) is 0.771. The van der Waals surface area contributed by atoms with E-state index in [-0.39, 0.29) is 23.7 Å². The first-order chi connectivity index (χ1) is 8.10. The van der Waals surface area contributed by atoms with Gasteiger partial charge in [0.2, 0.25) is 0 Å². The van der Waals surface area contributed by atoms with Crippen molar-refractivity contribution in [3.05, 3.63) is 34.6 Å². The molecular weight excluding hydrogens is 245 g/mol. The molecule has 0 spiro atoms. The second-order valence-corrected chi connectivity index (χ2v) is 3.51. The van der Waals surface area contributed by atoms with Crippen molar-refractivity contribution in [2.45, 2.75) is 0 Å².